The largest absolute Gasteiger partial charge is 0.492 e. The van der Waals surface area contributed by atoms with Crippen LogP contribution in [0.3, 0.4) is 0 Å². The first-order valence-corrected chi connectivity index (χ1v) is 14.1. The minimum absolute atomic E-state index is 0.0514. The fourth-order valence-electron chi connectivity index (χ4n) is 4.66. The normalized spacial score (nSPS) is 33.6. The van der Waals surface area contributed by atoms with Crippen molar-refractivity contribution >= 4 is 5.97 Å². The zero-order valence-corrected chi connectivity index (χ0v) is 23.7. The van der Waals surface area contributed by atoms with Crippen molar-refractivity contribution in [1.29, 1.82) is 0 Å². The molecule has 1 aromatic rings. The molecule has 0 saturated carbocycles. The smallest absolute Gasteiger partial charge is 0.333 e. The number of carbonyl (C=O) groups is 1. The summed E-state index contributed by atoms with van der Waals surface area (Å²) in [6, 6.07) is 2.37. The molecule has 10 atom stereocenters. The van der Waals surface area contributed by atoms with Crippen molar-refractivity contribution in [2.45, 2.75) is 101 Å². The second kappa shape index (κ2) is 16.1. The first-order valence-electron chi connectivity index (χ1n) is 14.1. The van der Waals surface area contributed by atoms with Crippen LogP contribution in [0, 0.1) is 0 Å². The molecule has 2 saturated heterocycles. The molecular weight excluding hydrogens is 564 g/mol. The summed E-state index contributed by atoms with van der Waals surface area (Å²) in [7, 11) is 0. The number of hydrogen-bond acceptors (Lipinski definition) is 15. The van der Waals surface area contributed by atoms with E-state index in [-0.39, 0.29) is 19.6 Å². The van der Waals surface area contributed by atoms with Gasteiger partial charge in [-0.05, 0) is 33.2 Å². The minimum atomic E-state index is -1.43. The third-order valence-corrected chi connectivity index (χ3v) is 7.34. The lowest BCUT2D eigenvalue weighted by atomic mass is 10.0. The Bertz CT molecular complexity index is 906. The van der Waals surface area contributed by atoms with Gasteiger partial charge in [-0.25, -0.2) is 4.79 Å². The van der Waals surface area contributed by atoms with Gasteiger partial charge in [0.05, 0.1) is 25.4 Å². The van der Waals surface area contributed by atoms with Gasteiger partial charge in [0, 0.05) is 31.6 Å². The number of aliphatic hydroxyl groups excluding tert-OH is 6. The average Bonchev–Trinajstić information content (AvgIpc) is 3.27. The number of aliphatic hydroxyl groups is 6. The second-order valence-corrected chi connectivity index (χ2v) is 10.6. The highest BCUT2D eigenvalue weighted by atomic mass is 16.7. The molecule has 8 N–H and O–H groups in total. The summed E-state index contributed by atoms with van der Waals surface area (Å²) >= 11 is 0. The monoisotopic (exact) mass is 608 g/mol. The number of aromatic nitrogens is 1. The zero-order chi connectivity index (χ0) is 31.0. The van der Waals surface area contributed by atoms with Gasteiger partial charge >= 0.3 is 5.97 Å². The van der Waals surface area contributed by atoms with Gasteiger partial charge in [-0.1, -0.05) is 6.42 Å². The van der Waals surface area contributed by atoms with Crippen LogP contribution < -0.4 is 4.84 Å². The lowest BCUT2D eigenvalue weighted by Crippen LogP contribution is -2.57. The predicted molar refractivity (Wildman–Crippen MR) is 141 cm³/mol. The molecule has 42 heavy (non-hydrogen) atoms. The molecule has 3 rings (SSSR count). The highest BCUT2D eigenvalue weighted by Crippen LogP contribution is 2.23. The van der Waals surface area contributed by atoms with Gasteiger partial charge in [0.15, 0.2) is 12.6 Å². The van der Waals surface area contributed by atoms with Gasteiger partial charge in [-0.3, -0.25) is 4.90 Å². The molecule has 1 aromatic heterocycles. The van der Waals surface area contributed by atoms with Crippen LogP contribution in [0.4, 0.5) is 0 Å². The van der Waals surface area contributed by atoms with Crippen molar-refractivity contribution in [3.8, 4) is 11.8 Å². The average molecular weight is 609 g/mol. The predicted octanol–water partition coefficient (Wildman–Crippen LogP) is -2.59. The lowest BCUT2D eigenvalue weighted by molar-refractivity contribution is -0.295. The van der Waals surface area contributed by atoms with Gasteiger partial charge in [-0.2, -0.15) is 0 Å². The van der Waals surface area contributed by atoms with Crippen molar-refractivity contribution in [1.82, 2.24) is 9.63 Å². The maximum absolute atomic E-state index is 12.0. The molecule has 0 aliphatic carbocycles. The van der Waals surface area contributed by atoms with Gasteiger partial charge in [0.1, 0.15) is 36.6 Å². The van der Waals surface area contributed by atoms with E-state index in [1.165, 1.54) is 12.1 Å². The van der Waals surface area contributed by atoms with Crippen molar-refractivity contribution in [2.24, 2.45) is 0 Å². The van der Waals surface area contributed by atoms with Crippen LogP contribution in [0.5, 0.6) is 11.8 Å². The number of carbonyl (C=O) groups excluding carboxylic acids is 1. The van der Waals surface area contributed by atoms with Crippen LogP contribution in [0.15, 0.2) is 12.1 Å². The van der Waals surface area contributed by atoms with Crippen molar-refractivity contribution in [2.75, 3.05) is 32.8 Å². The molecule has 16 nitrogen and oxygen atoms in total. The molecule has 0 spiro atoms. The molecule has 0 aromatic carbocycles. The van der Waals surface area contributed by atoms with Crippen LogP contribution in [-0.4, -0.2) is 151 Å². The maximum atomic E-state index is 12.0. The Morgan fingerprint density at radius 1 is 0.738 bits per heavy atom. The molecule has 0 unspecified atom stereocenters. The Morgan fingerprint density at radius 2 is 1.21 bits per heavy atom. The molecule has 16 heteroatoms. The topological polar surface area (TPSA) is 233 Å². The SMILES string of the molecule is C[C@@H]1O[C@@H](OCCN(CCCCCC(=O)On2c(O)ccc2O)CCO[C@@H]2O[C@@H](C)[C@@H](O)[C@@H](O)[C@@H]2O)[C@@H](O)[C@H](O)[C@@H]1O. The number of hydrogen-bond donors (Lipinski definition) is 8. The third kappa shape index (κ3) is 9.20. The first-order chi connectivity index (χ1) is 19.9. The maximum Gasteiger partial charge on any atom is 0.333 e. The quantitative estimate of drug-likeness (QED) is 0.0954. The minimum Gasteiger partial charge on any atom is -0.492 e. The Labute approximate surface area is 243 Å². The zero-order valence-electron chi connectivity index (χ0n) is 23.7. The Morgan fingerprint density at radius 3 is 1.69 bits per heavy atom. The van der Waals surface area contributed by atoms with E-state index in [1.54, 1.807) is 13.8 Å². The summed E-state index contributed by atoms with van der Waals surface area (Å²) in [5.41, 5.74) is 0. The summed E-state index contributed by atoms with van der Waals surface area (Å²) in [6.07, 6.45) is -10.1. The number of unbranched alkanes of at least 4 members (excludes halogenated alkanes) is 2. The summed E-state index contributed by atoms with van der Waals surface area (Å²) in [4.78, 5) is 18.9. The van der Waals surface area contributed by atoms with E-state index in [0.29, 0.717) is 43.6 Å². The van der Waals surface area contributed by atoms with Crippen LogP contribution >= 0.6 is 0 Å². The van der Waals surface area contributed by atoms with Crippen molar-refractivity contribution in [3.05, 3.63) is 12.1 Å². The summed E-state index contributed by atoms with van der Waals surface area (Å²) in [5, 5.41) is 79.2. The highest BCUT2D eigenvalue weighted by Gasteiger charge is 2.43. The van der Waals surface area contributed by atoms with Gasteiger partial charge in [-0.15, -0.1) is 4.73 Å². The lowest BCUT2D eigenvalue weighted by Gasteiger charge is -2.39. The molecule has 0 amide bonds. The van der Waals surface area contributed by atoms with Crippen LogP contribution in [0.1, 0.15) is 39.5 Å². The highest BCUT2D eigenvalue weighted by molar-refractivity contribution is 5.69. The van der Waals surface area contributed by atoms with E-state index in [1.807, 2.05) is 4.90 Å². The molecule has 242 valence electrons. The molecule has 3 heterocycles. The number of rotatable bonds is 15. The van der Waals surface area contributed by atoms with Crippen molar-refractivity contribution in [3.63, 3.8) is 0 Å². The van der Waals surface area contributed by atoms with E-state index in [2.05, 4.69) is 0 Å². The van der Waals surface area contributed by atoms with Crippen LogP contribution in [-0.2, 0) is 23.7 Å². The Hall–Kier alpha value is -2.09. The van der Waals surface area contributed by atoms with E-state index >= 15 is 0 Å². The number of aromatic hydroxyl groups is 2. The van der Waals surface area contributed by atoms with E-state index in [0.717, 1.165) is 0 Å². The molecule has 0 radical (unpaired) electrons. The molecule has 2 aliphatic heterocycles. The van der Waals surface area contributed by atoms with E-state index in [9.17, 15) is 45.6 Å². The van der Waals surface area contributed by atoms with Gasteiger partial charge < -0.3 is 64.6 Å². The fraction of sp³-hybridized carbons (Fsp3) is 0.808. The van der Waals surface area contributed by atoms with Crippen LogP contribution in [0.2, 0.25) is 0 Å². The molecule has 2 fully saturated rings. The summed E-state index contributed by atoms with van der Waals surface area (Å²) < 4.78 is 22.8. The number of nitrogens with zero attached hydrogens (tertiary/aromatic N) is 2. The van der Waals surface area contributed by atoms with Crippen molar-refractivity contribution < 1.29 is 69.4 Å². The summed E-state index contributed by atoms with van der Waals surface area (Å²) in [5.74, 6) is -1.44. The third-order valence-electron chi connectivity index (χ3n) is 7.34. The fourth-order valence-corrected chi connectivity index (χ4v) is 4.66. The number of ether oxygens (including phenoxy) is 4. The first kappa shape index (κ1) is 34.4. The van der Waals surface area contributed by atoms with E-state index < -0.39 is 79.1 Å². The molecular formula is C26H44N2O14. The van der Waals surface area contributed by atoms with E-state index in [4.69, 9.17) is 23.8 Å². The van der Waals surface area contributed by atoms with Gasteiger partial charge in [0.25, 0.3) is 0 Å². The molecule has 2 aliphatic rings. The van der Waals surface area contributed by atoms with Gasteiger partial charge in [0.2, 0.25) is 11.8 Å². The Kier molecular flexibility index (Phi) is 13.2. The second-order valence-electron chi connectivity index (χ2n) is 10.6. The standard InChI is InChI=1S/C26H44N2O14/c1-14-19(32)21(34)23(36)25(40-14)38-12-10-27(11-13-39-26-24(37)22(35)20(33)15(2)41-26)9-5-3-4-6-18(31)42-28-16(29)7-8-17(28)30/h7-8,14-15,19-26,29-30,32-37H,3-6,9-13H2,1-2H3/t14-,15-,19+,20+,21+,22+,23-,24-,25+,26+/m0/s1. The molecule has 0 bridgehead atoms. The summed E-state index contributed by atoms with van der Waals surface area (Å²) in [6.45, 7) is 4.54. The Balaban J connectivity index is 1.45. The van der Waals surface area contributed by atoms with Crippen LogP contribution in [0.25, 0.3) is 0 Å².